The lowest BCUT2D eigenvalue weighted by Gasteiger charge is -2.16. The van der Waals surface area contributed by atoms with Gasteiger partial charge in [0.1, 0.15) is 5.75 Å². The largest absolute Gasteiger partial charge is 0.423 e. The van der Waals surface area contributed by atoms with Crippen LogP contribution in [0.2, 0.25) is 0 Å². The molecule has 0 atom stereocenters. The van der Waals surface area contributed by atoms with Crippen LogP contribution in [0.25, 0.3) is 0 Å². The molecule has 1 heterocycles. The zero-order valence-corrected chi connectivity index (χ0v) is 17.3. The van der Waals surface area contributed by atoms with E-state index < -0.39 is 16.0 Å². The van der Waals surface area contributed by atoms with Crippen molar-refractivity contribution in [1.82, 2.24) is 4.31 Å². The molecule has 6 heteroatoms. The van der Waals surface area contributed by atoms with E-state index in [4.69, 9.17) is 4.74 Å². The number of hydrogen-bond donors (Lipinski definition) is 0. The predicted octanol–water partition coefficient (Wildman–Crippen LogP) is 4.28. The fourth-order valence-electron chi connectivity index (χ4n) is 3.59. The monoisotopic (exact) mass is 421 g/mol. The van der Waals surface area contributed by atoms with Crippen molar-refractivity contribution in [2.75, 3.05) is 13.1 Å². The first-order valence-corrected chi connectivity index (χ1v) is 11.4. The van der Waals surface area contributed by atoms with Crippen LogP contribution in [-0.4, -0.2) is 31.8 Å². The van der Waals surface area contributed by atoms with Crippen LogP contribution in [-0.2, 0) is 16.4 Å². The Kier molecular flexibility index (Phi) is 5.97. The molecule has 0 N–H and O–H groups in total. The van der Waals surface area contributed by atoms with Gasteiger partial charge in [0.25, 0.3) is 0 Å². The maximum Gasteiger partial charge on any atom is 0.343 e. The van der Waals surface area contributed by atoms with Crippen LogP contribution in [0.3, 0.4) is 0 Å². The molecule has 1 saturated heterocycles. The number of esters is 1. The Hall–Kier alpha value is -2.96. The summed E-state index contributed by atoms with van der Waals surface area (Å²) in [5.74, 6) is -0.104. The van der Waals surface area contributed by atoms with Gasteiger partial charge in [-0.3, -0.25) is 0 Å². The molecular formula is C24H23NO4S. The van der Waals surface area contributed by atoms with Gasteiger partial charge >= 0.3 is 5.97 Å². The van der Waals surface area contributed by atoms with E-state index in [-0.39, 0.29) is 10.5 Å². The molecule has 0 saturated carbocycles. The molecule has 4 rings (SSSR count). The van der Waals surface area contributed by atoms with Crippen molar-refractivity contribution >= 4 is 16.0 Å². The van der Waals surface area contributed by atoms with Crippen molar-refractivity contribution in [2.45, 2.75) is 24.2 Å². The van der Waals surface area contributed by atoms with Crippen molar-refractivity contribution in [3.05, 3.63) is 95.6 Å². The zero-order chi connectivity index (χ0) is 21.0. The van der Waals surface area contributed by atoms with Crippen molar-refractivity contribution in [2.24, 2.45) is 0 Å². The molecule has 0 aliphatic carbocycles. The Morgan fingerprint density at radius 3 is 2.33 bits per heavy atom. The summed E-state index contributed by atoms with van der Waals surface area (Å²) in [7, 11) is -3.59. The van der Waals surface area contributed by atoms with Crippen molar-refractivity contribution < 1.29 is 17.9 Å². The molecule has 0 radical (unpaired) electrons. The summed E-state index contributed by atoms with van der Waals surface area (Å²) in [4.78, 5) is 12.9. The molecule has 1 aliphatic heterocycles. The quantitative estimate of drug-likeness (QED) is 0.440. The van der Waals surface area contributed by atoms with Crippen molar-refractivity contribution in [3.63, 3.8) is 0 Å². The van der Waals surface area contributed by atoms with E-state index in [1.807, 2.05) is 48.5 Å². The number of rotatable bonds is 6. The van der Waals surface area contributed by atoms with Gasteiger partial charge in [0.05, 0.1) is 10.5 Å². The molecule has 1 aliphatic rings. The van der Waals surface area contributed by atoms with Crippen molar-refractivity contribution in [1.29, 1.82) is 0 Å². The first-order valence-electron chi connectivity index (χ1n) is 9.98. The summed E-state index contributed by atoms with van der Waals surface area (Å²) >= 11 is 0. The van der Waals surface area contributed by atoms with E-state index in [9.17, 15) is 13.2 Å². The lowest BCUT2D eigenvalue weighted by molar-refractivity contribution is 0.0733. The second kappa shape index (κ2) is 8.81. The Balaban J connectivity index is 1.55. The standard InChI is InChI=1S/C24H23NO4S/c26-24(21-12-8-13-22(18-21)30(27,28)25-15-6-7-16-25)29-23-14-5-4-11-20(23)17-19-9-2-1-3-10-19/h1-5,8-14,18H,6-7,15-17H2. The van der Waals surface area contributed by atoms with E-state index in [2.05, 4.69) is 0 Å². The molecule has 154 valence electrons. The normalized spacial score (nSPS) is 14.5. The highest BCUT2D eigenvalue weighted by Crippen LogP contribution is 2.25. The SMILES string of the molecule is O=C(Oc1ccccc1Cc1ccccc1)c1cccc(S(=O)(=O)N2CCCC2)c1. The number of hydrogen-bond acceptors (Lipinski definition) is 4. The van der Waals surface area contributed by atoms with E-state index in [1.165, 1.54) is 16.4 Å². The van der Waals surface area contributed by atoms with Crippen LogP contribution in [0.5, 0.6) is 5.75 Å². The first-order chi connectivity index (χ1) is 14.5. The fourth-order valence-corrected chi connectivity index (χ4v) is 5.15. The molecule has 5 nitrogen and oxygen atoms in total. The highest BCUT2D eigenvalue weighted by Gasteiger charge is 2.27. The summed E-state index contributed by atoms with van der Waals surface area (Å²) in [6, 6.07) is 23.4. The summed E-state index contributed by atoms with van der Waals surface area (Å²) in [5, 5.41) is 0. The lowest BCUT2D eigenvalue weighted by Crippen LogP contribution is -2.28. The highest BCUT2D eigenvalue weighted by atomic mass is 32.2. The summed E-state index contributed by atoms with van der Waals surface area (Å²) in [6.07, 6.45) is 2.35. The molecule has 0 aromatic heterocycles. The first kappa shape index (κ1) is 20.3. The predicted molar refractivity (Wildman–Crippen MR) is 115 cm³/mol. The molecule has 0 spiro atoms. The van der Waals surface area contributed by atoms with Gasteiger partial charge in [-0.2, -0.15) is 4.31 Å². The van der Waals surface area contributed by atoms with Crippen molar-refractivity contribution in [3.8, 4) is 5.75 Å². The average Bonchev–Trinajstić information content (AvgIpc) is 3.32. The van der Waals surface area contributed by atoms with E-state index >= 15 is 0 Å². The smallest absolute Gasteiger partial charge is 0.343 e. The van der Waals surface area contributed by atoms with Gasteiger partial charge in [-0.25, -0.2) is 13.2 Å². The van der Waals surface area contributed by atoms with Gasteiger partial charge in [-0.15, -0.1) is 0 Å². The van der Waals surface area contributed by atoms with Gasteiger partial charge in [-0.1, -0.05) is 54.6 Å². The molecule has 0 unspecified atom stereocenters. The van der Waals surface area contributed by atoms with Crippen LogP contribution < -0.4 is 4.74 Å². The van der Waals surface area contributed by atoms with Crippen LogP contribution in [0, 0.1) is 0 Å². The van der Waals surface area contributed by atoms with E-state index in [0.717, 1.165) is 24.0 Å². The third-order valence-electron chi connectivity index (χ3n) is 5.19. The minimum atomic E-state index is -3.59. The minimum absolute atomic E-state index is 0.122. The van der Waals surface area contributed by atoms with Crippen LogP contribution in [0.1, 0.15) is 34.3 Å². The maximum absolute atomic E-state index is 12.8. The van der Waals surface area contributed by atoms with Crippen LogP contribution >= 0.6 is 0 Å². The number of carbonyl (C=O) groups excluding carboxylic acids is 1. The number of para-hydroxylation sites is 1. The molecule has 0 amide bonds. The van der Waals surface area contributed by atoms with E-state index in [1.54, 1.807) is 18.2 Å². The van der Waals surface area contributed by atoms with Crippen LogP contribution in [0.4, 0.5) is 0 Å². The van der Waals surface area contributed by atoms with Gasteiger partial charge in [0, 0.05) is 19.5 Å². The second-order valence-corrected chi connectivity index (χ2v) is 9.24. The average molecular weight is 422 g/mol. The number of sulfonamides is 1. The number of ether oxygens (including phenoxy) is 1. The molecule has 1 fully saturated rings. The highest BCUT2D eigenvalue weighted by molar-refractivity contribution is 7.89. The van der Waals surface area contributed by atoms with Gasteiger partial charge in [0.2, 0.25) is 10.0 Å². The van der Waals surface area contributed by atoms with Gasteiger partial charge < -0.3 is 4.74 Å². The molecule has 30 heavy (non-hydrogen) atoms. The van der Waals surface area contributed by atoms with Crippen LogP contribution in [0.15, 0.2) is 83.8 Å². The lowest BCUT2D eigenvalue weighted by atomic mass is 10.0. The Morgan fingerprint density at radius 1 is 0.867 bits per heavy atom. The Bertz CT molecular complexity index is 1140. The molecular weight excluding hydrogens is 398 g/mol. The van der Waals surface area contributed by atoms with Gasteiger partial charge in [-0.05, 0) is 48.2 Å². The Labute approximate surface area is 177 Å². The fraction of sp³-hybridized carbons (Fsp3) is 0.208. The Morgan fingerprint density at radius 2 is 1.57 bits per heavy atom. The molecule has 3 aromatic rings. The van der Waals surface area contributed by atoms with Gasteiger partial charge in [0.15, 0.2) is 0 Å². The number of benzene rings is 3. The topological polar surface area (TPSA) is 63.7 Å². The maximum atomic E-state index is 12.8. The number of nitrogens with zero attached hydrogens (tertiary/aromatic N) is 1. The second-order valence-electron chi connectivity index (χ2n) is 7.30. The third-order valence-corrected chi connectivity index (χ3v) is 7.08. The molecule has 0 bridgehead atoms. The number of carbonyl (C=O) groups is 1. The third kappa shape index (κ3) is 4.45. The summed E-state index contributed by atoms with van der Waals surface area (Å²) in [6.45, 7) is 1.04. The zero-order valence-electron chi connectivity index (χ0n) is 16.5. The summed E-state index contributed by atoms with van der Waals surface area (Å²) in [5.41, 5.74) is 2.21. The summed E-state index contributed by atoms with van der Waals surface area (Å²) < 4.78 is 32.7. The van der Waals surface area contributed by atoms with E-state index in [0.29, 0.717) is 25.3 Å². The minimum Gasteiger partial charge on any atom is -0.423 e. The molecule has 3 aromatic carbocycles.